The lowest BCUT2D eigenvalue weighted by molar-refractivity contribution is 0.0972. The topological polar surface area (TPSA) is 100 Å². The van der Waals surface area contributed by atoms with Crippen molar-refractivity contribution in [2.24, 2.45) is 4.99 Å². The highest BCUT2D eigenvalue weighted by atomic mass is 32.1. The van der Waals surface area contributed by atoms with Crippen LogP contribution in [0.4, 0.5) is 5.69 Å². The third kappa shape index (κ3) is 4.86. The van der Waals surface area contributed by atoms with E-state index in [2.05, 4.69) is 36.1 Å². The van der Waals surface area contributed by atoms with Crippen molar-refractivity contribution < 1.29 is 9.21 Å². The van der Waals surface area contributed by atoms with Gasteiger partial charge in [-0.15, -0.1) is 11.3 Å². The van der Waals surface area contributed by atoms with E-state index in [1.54, 1.807) is 17.5 Å². The minimum Gasteiger partial charge on any atom is -0.408 e. The number of oxazole rings is 1. The highest BCUT2D eigenvalue weighted by Crippen LogP contribution is 2.31. The number of nitrogens with one attached hydrogen (secondary N) is 2. The Hall–Kier alpha value is -3.52. The molecule has 2 aromatic carbocycles. The van der Waals surface area contributed by atoms with E-state index in [1.165, 1.54) is 11.3 Å². The molecule has 164 valence electrons. The summed E-state index contributed by atoms with van der Waals surface area (Å²) < 4.78 is 5.18. The van der Waals surface area contributed by atoms with Crippen molar-refractivity contribution in [1.29, 1.82) is 0 Å². The standard InChI is InChI=1S/C24H24N4O3S/c1-14-25-19(13-32-14)22(29)28-21(26-17-8-6-5-7-16(17)24(2,3)4)12-15-9-10-18-20(11-15)31-23(30)27-18/h5-11,13H,12H2,1-4H3,(H,27,30)(H,26,28,29). The van der Waals surface area contributed by atoms with Crippen molar-refractivity contribution in [3.8, 4) is 0 Å². The summed E-state index contributed by atoms with van der Waals surface area (Å²) in [4.78, 5) is 36.1. The number of amidine groups is 1. The van der Waals surface area contributed by atoms with Crippen LogP contribution in [0.2, 0.25) is 0 Å². The fourth-order valence-electron chi connectivity index (χ4n) is 3.42. The number of H-pyrrole nitrogens is 1. The molecule has 0 saturated heterocycles. The van der Waals surface area contributed by atoms with Crippen molar-refractivity contribution in [3.05, 3.63) is 80.2 Å². The first-order valence-electron chi connectivity index (χ1n) is 10.2. The van der Waals surface area contributed by atoms with E-state index in [0.717, 1.165) is 21.8 Å². The summed E-state index contributed by atoms with van der Waals surface area (Å²) in [5, 5.41) is 5.48. The Morgan fingerprint density at radius 2 is 2.00 bits per heavy atom. The summed E-state index contributed by atoms with van der Waals surface area (Å²) in [6, 6.07) is 13.3. The Balaban J connectivity index is 1.73. The average Bonchev–Trinajstić information content (AvgIpc) is 3.32. The molecule has 1 amide bonds. The van der Waals surface area contributed by atoms with Crippen LogP contribution in [-0.2, 0) is 11.8 Å². The summed E-state index contributed by atoms with van der Waals surface area (Å²) in [5.74, 6) is -0.331. The molecule has 0 radical (unpaired) electrons. The van der Waals surface area contributed by atoms with Gasteiger partial charge in [-0.25, -0.2) is 14.8 Å². The molecule has 0 unspecified atom stereocenters. The Kier molecular flexibility index (Phi) is 5.80. The summed E-state index contributed by atoms with van der Waals surface area (Å²) in [6.45, 7) is 8.23. The Morgan fingerprint density at radius 3 is 2.72 bits per heavy atom. The molecule has 8 heteroatoms. The van der Waals surface area contributed by atoms with E-state index < -0.39 is 5.76 Å². The maximum Gasteiger partial charge on any atom is 0.417 e. The molecule has 32 heavy (non-hydrogen) atoms. The minimum atomic E-state index is -0.502. The number of amides is 1. The van der Waals surface area contributed by atoms with Gasteiger partial charge >= 0.3 is 5.76 Å². The van der Waals surface area contributed by atoms with Crippen LogP contribution in [0.25, 0.3) is 11.1 Å². The lowest BCUT2D eigenvalue weighted by Crippen LogP contribution is -2.32. The van der Waals surface area contributed by atoms with Crippen molar-refractivity contribution in [2.45, 2.75) is 39.5 Å². The van der Waals surface area contributed by atoms with E-state index in [0.29, 0.717) is 29.1 Å². The summed E-state index contributed by atoms with van der Waals surface area (Å²) >= 11 is 1.42. The molecule has 4 aromatic rings. The van der Waals surface area contributed by atoms with Crippen LogP contribution in [0, 0.1) is 6.92 Å². The van der Waals surface area contributed by atoms with Gasteiger partial charge in [-0.05, 0) is 41.7 Å². The molecule has 4 rings (SSSR count). The number of aromatic amines is 1. The van der Waals surface area contributed by atoms with Crippen LogP contribution in [0.1, 0.15) is 47.4 Å². The molecule has 0 aliphatic rings. The molecule has 7 nitrogen and oxygen atoms in total. The number of carbonyl (C=O) groups is 1. The number of aromatic nitrogens is 2. The van der Waals surface area contributed by atoms with E-state index in [-0.39, 0.29) is 11.3 Å². The van der Waals surface area contributed by atoms with Crippen LogP contribution in [0.15, 0.2) is 62.0 Å². The quantitative estimate of drug-likeness (QED) is 0.343. The first kappa shape index (κ1) is 21.7. The van der Waals surface area contributed by atoms with Gasteiger partial charge in [0.25, 0.3) is 5.91 Å². The van der Waals surface area contributed by atoms with E-state index >= 15 is 0 Å². The second kappa shape index (κ2) is 8.55. The van der Waals surface area contributed by atoms with Crippen molar-refractivity contribution >= 4 is 39.9 Å². The van der Waals surface area contributed by atoms with Crippen molar-refractivity contribution in [2.75, 3.05) is 0 Å². The summed E-state index contributed by atoms with van der Waals surface area (Å²) in [7, 11) is 0. The predicted octanol–water partition coefficient (Wildman–Crippen LogP) is 4.89. The Bertz CT molecular complexity index is 1370. The van der Waals surface area contributed by atoms with Crippen LogP contribution < -0.4 is 11.1 Å². The largest absolute Gasteiger partial charge is 0.417 e. The fraction of sp³-hybridized carbons (Fsp3) is 0.250. The number of carbonyl (C=O) groups excluding carboxylic acids is 1. The van der Waals surface area contributed by atoms with Gasteiger partial charge in [0.2, 0.25) is 0 Å². The Labute approximate surface area is 189 Å². The maximum absolute atomic E-state index is 12.8. The monoisotopic (exact) mass is 448 g/mol. The normalized spacial score (nSPS) is 12.3. The highest BCUT2D eigenvalue weighted by Gasteiger charge is 2.19. The van der Waals surface area contributed by atoms with Crippen molar-refractivity contribution in [3.63, 3.8) is 0 Å². The molecule has 0 aliphatic carbocycles. The third-order valence-electron chi connectivity index (χ3n) is 4.93. The molecule has 0 bridgehead atoms. The number of hydrogen-bond donors (Lipinski definition) is 2. The number of rotatable bonds is 4. The van der Waals surface area contributed by atoms with Gasteiger partial charge in [-0.2, -0.15) is 0 Å². The molecular weight excluding hydrogens is 424 g/mol. The fourth-order valence-corrected chi connectivity index (χ4v) is 4.01. The summed E-state index contributed by atoms with van der Waals surface area (Å²) in [6.07, 6.45) is 0.345. The number of aliphatic imine (C=N–C) groups is 1. The Morgan fingerprint density at radius 1 is 1.22 bits per heavy atom. The van der Waals surface area contributed by atoms with Gasteiger partial charge in [-0.3, -0.25) is 9.78 Å². The lowest BCUT2D eigenvalue weighted by Gasteiger charge is -2.21. The first-order chi connectivity index (χ1) is 15.2. The second-order valence-corrected chi connectivity index (χ2v) is 9.62. The number of benzene rings is 2. The van der Waals surface area contributed by atoms with Gasteiger partial charge < -0.3 is 9.73 Å². The highest BCUT2D eigenvalue weighted by molar-refractivity contribution is 7.09. The zero-order valence-electron chi connectivity index (χ0n) is 18.4. The molecule has 0 aliphatic heterocycles. The number of para-hydroxylation sites is 1. The average molecular weight is 449 g/mol. The molecule has 0 spiro atoms. The van der Waals surface area contributed by atoms with Gasteiger partial charge in [-0.1, -0.05) is 45.0 Å². The van der Waals surface area contributed by atoms with E-state index in [1.807, 2.05) is 37.3 Å². The second-order valence-electron chi connectivity index (χ2n) is 8.55. The van der Waals surface area contributed by atoms with Crippen LogP contribution >= 0.6 is 11.3 Å². The zero-order valence-corrected chi connectivity index (χ0v) is 19.2. The van der Waals surface area contributed by atoms with Crippen molar-refractivity contribution in [1.82, 2.24) is 15.3 Å². The molecular formula is C24H24N4O3S. The predicted molar refractivity (Wildman–Crippen MR) is 127 cm³/mol. The molecule has 0 atom stereocenters. The SMILES string of the molecule is Cc1nc(C(=O)NC(Cc2ccc3[nH]c(=O)oc3c2)=Nc2ccccc2C(C)(C)C)cs1. The molecule has 2 aromatic heterocycles. The number of thiazole rings is 1. The minimum absolute atomic E-state index is 0.116. The maximum atomic E-state index is 12.8. The van der Waals surface area contributed by atoms with E-state index in [9.17, 15) is 9.59 Å². The van der Waals surface area contributed by atoms with Crippen LogP contribution in [-0.4, -0.2) is 21.7 Å². The molecule has 0 fully saturated rings. The number of aryl methyl sites for hydroxylation is 1. The smallest absolute Gasteiger partial charge is 0.408 e. The molecule has 2 N–H and O–H groups in total. The molecule has 2 heterocycles. The van der Waals surface area contributed by atoms with Crippen LogP contribution in [0.5, 0.6) is 0 Å². The zero-order chi connectivity index (χ0) is 22.9. The third-order valence-corrected chi connectivity index (χ3v) is 5.71. The van der Waals surface area contributed by atoms with Gasteiger partial charge in [0.1, 0.15) is 11.5 Å². The van der Waals surface area contributed by atoms with Gasteiger partial charge in [0.05, 0.1) is 16.2 Å². The summed E-state index contributed by atoms with van der Waals surface area (Å²) in [5.41, 5.74) is 4.04. The number of fused-ring (bicyclic) bond motifs is 1. The van der Waals surface area contributed by atoms with Crippen LogP contribution in [0.3, 0.4) is 0 Å². The lowest BCUT2D eigenvalue weighted by atomic mass is 9.86. The van der Waals surface area contributed by atoms with Gasteiger partial charge in [0, 0.05) is 11.8 Å². The van der Waals surface area contributed by atoms with E-state index in [4.69, 9.17) is 9.41 Å². The molecule has 0 saturated carbocycles. The van der Waals surface area contributed by atoms with Gasteiger partial charge in [0.15, 0.2) is 5.58 Å². The number of hydrogen-bond acceptors (Lipinski definition) is 6. The number of nitrogens with zero attached hydrogens (tertiary/aromatic N) is 2. The first-order valence-corrected chi connectivity index (χ1v) is 11.1.